The number of ether oxygens (including phenoxy) is 2. The Morgan fingerprint density at radius 3 is 2.38 bits per heavy atom. The van der Waals surface area contributed by atoms with Crippen molar-refractivity contribution in [2.45, 2.75) is 25.5 Å². The molecule has 3 N–H and O–H groups in total. The molecule has 1 saturated heterocycles. The molecule has 1 aliphatic heterocycles. The van der Waals surface area contributed by atoms with Gasteiger partial charge in [-0.3, -0.25) is 14.5 Å². The van der Waals surface area contributed by atoms with E-state index in [4.69, 9.17) is 10.5 Å². The van der Waals surface area contributed by atoms with Crippen molar-refractivity contribution in [1.82, 2.24) is 4.90 Å². The molecule has 8 nitrogen and oxygen atoms in total. The van der Waals surface area contributed by atoms with Gasteiger partial charge in [-0.1, -0.05) is 0 Å². The number of nitrogens with zero attached hydrogens (tertiary/aromatic N) is 2. The first-order valence-electron chi connectivity index (χ1n) is 9.40. The Balaban J connectivity index is 2.25. The summed E-state index contributed by atoms with van der Waals surface area (Å²) in [5, 5.41) is 2.27. The van der Waals surface area contributed by atoms with Crippen LogP contribution in [0, 0.1) is 0 Å². The summed E-state index contributed by atoms with van der Waals surface area (Å²) in [5.74, 6) is -1.92. The van der Waals surface area contributed by atoms with E-state index in [-0.39, 0.29) is 31.1 Å². The Morgan fingerprint density at radius 2 is 1.84 bits per heavy atom. The fourth-order valence-electron chi connectivity index (χ4n) is 3.11. The number of carbonyl (C=O) groups excluding carboxylic acids is 2. The quantitative estimate of drug-likeness (QED) is 0.477. The molecule has 0 unspecified atom stereocenters. The van der Waals surface area contributed by atoms with Gasteiger partial charge in [0, 0.05) is 24.8 Å². The van der Waals surface area contributed by atoms with Gasteiger partial charge in [0.05, 0.1) is 25.4 Å². The maximum absolute atomic E-state index is 12.9. The minimum Gasteiger partial charge on any atom is -0.433 e. The van der Waals surface area contributed by atoms with Crippen molar-refractivity contribution in [2.75, 3.05) is 49.6 Å². The molecule has 32 heavy (non-hydrogen) atoms. The Kier molecular flexibility index (Phi) is 9.53. The third kappa shape index (κ3) is 7.24. The molecule has 2 amide bonds. The predicted octanol–water partition coefficient (Wildman–Crippen LogP) is 1.75. The van der Waals surface area contributed by atoms with E-state index in [1.165, 1.54) is 17.0 Å². The second-order valence-electron chi connectivity index (χ2n) is 6.64. The van der Waals surface area contributed by atoms with E-state index in [2.05, 4.69) is 10.1 Å². The van der Waals surface area contributed by atoms with Crippen molar-refractivity contribution in [3.63, 3.8) is 0 Å². The molecule has 0 saturated carbocycles. The number of benzene rings is 1. The van der Waals surface area contributed by atoms with Crippen LogP contribution in [0.2, 0.25) is 0 Å². The Bertz CT molecular complexity index is 776. The maximum Gasteiger partial charge on any atom is 0.387 e. The zero-order valence-corrected chi connectivity index (χ0v) is 16.7. The highest BCUT2D eigenvalue weighted by molar-refractivity contribution is 5.98. The van der Waals surface area contributed by atoms with Crippen molar-refractivity contribution in [1.29, 1.82) is 0 Å². The monoisotopic (exact) mass is 472 g/mol. The average molecular weight is 472 g/mol. The summed E-state index contributed by atoms with van der Waals surface area (Å²) >= 11 is 0. The molecule has 1 heterocycles. The van der Waals surface area contributed by atoms with Crippen LogP contribution in [-0.4, -0.2) is 81.6 Å². The molecule has 0 radical (unpaired) electrons. The number of hydrogen-bond acceptors (Lipinski definition) is 6. The minimum atomic E-state index is -3.25. The van der Waals surface area contributed by atoms with E-state index in [0.717, 1.165) is 6.07 Å². The minimum absolute atomic E-state index is 0.00370. The van der Waals surface area contributed by atoms with Crippen LogP contribution in [0.25, 0.3) is 0 Å². The van der Waals surface area contributed by atoms with Gasteiger partial charge >= 0.3 is 6.61 Å². The molecule has 1 fully saturated rings. The lowest BCUT2D eigenvalue weighted by atomic mass is 10.2. The molecule has 1 aromatic carbocycles. The lowest BCUT2D eigenvalue weighted by molar-refractivity contribution is -0.126. The SMILES string of the molecule is NC[C@@H](C(=O)Nc1ccc(N2CCOCC2=O)c(OC(F)F)c1)N(CC(F)F)CC(F)F. The Morgan fingerprint density at radius 1 is 1.19 bits per heavy atom. The first-order valence-corrected chi connectivity index (χ1v) is 9.40. The molecule has 0 bridgehead atoms. The summed E-state index contributed by atoms with van der Waals surface area (Å²) in [6, 6.07) is 1.97. The van der Waals surface area contributed by atoms with Gasteiger partial charge in [-0.25, -0.2) is 17.6 Å². The van der Waals surface area contributed by atoms with Gasteiger partial charge in [-0.05, 0) is 12.1 Å². The molecule has 1 aliphatic rings. The number of nitrogens with one attached hydrogen (secondary N) is 1. The van der Waals surface area contributed by atoms with Gasteiger partial charge in [-0.2, -0.15) is 8.78 Å². The van der Waals surface area contributed by atoms with Crippen LogP contribution in [0.1, 0.15) is 0 Å². The van der Waals surface area contributed by atoms with Crippen molar-refractivity contribution >= 4 is 23.2 Å². The number of halogens is 6. The summed E-state index contributed by atoms with van der Waals surface area (Å²) < 4.78 is 86.3. The van der Waals surface area contributed by atoms with Gasteiger partial charge in [0.25, 0.3) is 18.8 Å². The number of hydrogen-bond donors (Lipinski definition) is 2. The molecule has 1 aromatic rings. The lowest BCUT2D eigenvalue weighted by Gasteiger charge is -2.30. The van der Waals surface area contributed by atoms with E-state index in [0.29, 0.717) is 4.90 Å². The van der Waals surface area contributed by atoms with Crippen molar-refractivity contribution in [2.24, 2.45) is 5.73 Å². The van der Waals surface area contributed by atoms with Crippen LogP contribution in [-0.2, 0) is 14.3 Å². The van der Waals surface area contributed by atoms with Crippen molar-refractivity contribution < 1.29 is 45.4 Å². The molecule has 180 valence electrons. The molecule has 0 spiro atoms. The maximum atomic E-state index is 12.9. The first kappa shape index (κ1) is 25.7. The number of carbonyl (C=O) groups is 2. The molecule has 0 aliphatic carbocycles. The van der Waals surface area contributed by atoms with Crippen molar-refractivity contribution in [3.8, 4) is 5.75 Å². The first-order chi connectivity index (χ1) is 15.1. The predicted molar refractivity (Wildman–Crippen MR) is 101 cm³/mol. The molecule has 14 heteroatoms. The van der Waals surface area contributed by atoms with Crippen LogP contribution in [0.3, 0.4) is 0 Å². The number of amides is 2. The number of morpholine rings is 1. The summed E-state index contributed by atoms with van der Waals surface area (Å²) in [4.78, 5) is 26.3. The Labute approximate surface area is 179 Å². The van der Waals surface area contributed by atoms with Gasteiger partial charge in [-0.15, -0.1) is 0 Å². The molecular formula is C18H22F6N4O4. The largest absolute Gasteiger partial charge is 0.433 e. The van der Waals surface area contributed by atoms with Crippen LogP contribution in [0.5, 0.6) is 5.75 Å². The van der Waals surface area contributed by atoms with Gasteiger partial charge in [0.15, 0.2) is 5.75 Å². The Hall–Kier alpha value is -2.58. The topological polar surface area (TPSA) is 97.1 Å². The second-order valence-corrected chi connectivity index (χ2v) is 6.64. The van der Waals surface area contributed by atoms with E-state index in [1.807, 2.05) is 0 Å². The normalized spacial score (nSPS) is 15.7. The lowest BCUT2D eigenvalue weighted by Crippen LogP contribution is -2.51. The molecule has 2 rings (SSSR count). The third-order valence-electron chi connectivity index (χ3n) is 4.43. The number of alkyl halides is 6. The number of nitrogens with two attached hydrogens (primary N) is 1. The standard InChI is InChI=1S/C18H22F6N4O4/c19-14(20)7-27(8-15(21)22)12(6-25)17(30)26-10-1-2-11(13(5-10)32-18(23)24)28-3-4-31-9-16(28)29/h1-2,5,12,14-15,18H,3-4,6-9,25H2,(H,26,30)/t12-/m0/s1. The van der Waals surface area contributed by atoms with Gasteiger partial charge in [0.2, 0.25) is 5.91 Å². The third-order valence-corrected chi connectivity index (χ3v) is 4.43. The summed E-state index contributed by atoms with van der Waals surface area (Å²) in [5.41, 5.74) is 5.35. The van der Waals surface area contributed by atoms with E-state index >= 15 is 0 Å². The molecular weight excluding hydrogens is 450 g/mol. The average Bonchev–Trinajstić information content (AvgIpc) is 2.68. The number of rotatable bonds is 11. The van der Waals surface area contributed by atoms with Gasteiger partial charge in [0.1, 0.15) is 12.6 Å². The van der Waals surface area contributed by atoms with Crippen LogP contribution >= 0.6 is 0 Å². The highest BCUT2D eigenvalue weighted by atomic mass is 19.3. The molecule has 1 atom stereocenters. The van der Waals surface area contributed by atoms with E-state index < -0.39 is 62.7 Å². The molecule has 0 aromatic heterocycles. The zero-order chi connectivity index (χ0) is 23.8. The summed E-state index contributed by atoms with van der Waals surface area (Å²) in [7, 11) is 0. The van der Waals surface area contributed by atoms with Gasteiger partial charge < -0.3 is 25.4 Å². The van der Waals surface area contributed by atoms with E-state index in [1.54, 1.807) is 0 Å². The van der Waals surface area contributed by atoms with Crippen LogP contribution in [0.4, 0.5) is 37.7 Å². The van der Waals surface area contributed by atoms with E-state index in [9.17, 15) is 35.9 Å². The fraction of sp³-hybridized carbons (Fsp3) is 0.556. The fourth-order valence-corrected chi connectivity index (χ4v) is 3.11. The summed E-state index contributed by atoms with van der Waals surface area (Å²) in [6.07, 6.45) is -5.99. The highest BCUT2D eigenvalue weighted by Crippen LogP contribution is 2.33. The van der Waals surface area contributed by atoms with Crippen LogP contribution < -0.4 is 20.7 Å². The van der Waals surface area contributed by atoms with Crippen molar-refractivity contribution in [3.05, 3.63) is 18.2 Å². The van der Waals surface area contributed by atoms with Crippen LogP contribution in [0.15, 0.2) is 18.2 Å². The highest BCUT2D eigenvalue weighted by Gasteiger charge is 2.30. The number of anilines is 2. The smallest absolute Gasteiger partial charge is 0.387 e. The second kappa shape index (κ2) is 11.9. The zero-order valence-electron chi connectivity index (χ0n) is 16.7. The summed E-state index contributed by atoms with van der Waals surface area (Å²) in [6.45, 7) is -6.04.